The summed E-state index contributed by atoms with van der Waals surface area (Å²) in [7, 11) is 1.36. The van der Waals surface area contributed by atoms with E-state index in [-0.39, 0.29) is 30.3 Å². The first-order chi connectivity index (χ1) is 10.6. The van der Waals surface area contributed by atoms with E-state index in [0.717, 1.165) is 29.3 Å². The number of ether oxygens (including phenoxy) is 1. The standard InChI is InChI=1S/C17H20BrNO3/c1-22-16(20)11-15(12-7-9-14(18)10-8-12)19-17(21)13-5-3-2-4-6-13/h2-3,7-10,13,15H,4-6,11H2,1H3,(H,19,21). The van der Waals surface area contributed by atoms with Crippen LogP contribution >= 0.6 is 15.9 Å². The van der Waals surface area contributed by atoms with Crippen molar-refractivity contribution in [3.63, 3.8) is 0 Å². The number of benzene rings is 1. The number of nitrogens with one attached hydrogen (secondary N) is 1. The predicted molar refractivity (Wildman–Crippen MR) is 88.1 cm³/mol. The maximum atomic E-state index is 12.4. The van der Waals surface area contributed by atoms with E-state index < -0.39 is 0 Å². The molecule has 0 fully saturated rings. The fourth-order valence-corrected chi connectivity index (χ4v) is 2.78. The molecule has 5 heteroatoms. The van der Waals surface area contributed by atoms with Crippen molar-refractivity contribution in [3.8, 4) is 0 Å². The molecular weight excluding hydrogens is 346 g/mol. The summed E-state index contributed by atoms with van der Waals surface area (Å²) in [6, 6.07) is 7.24. The highest BCUT2D eigenvalue weighted by molar-refractivity contribution is 9.10. The molecule has 0 radical (unpaired) electrons. The van der Waals surface area contributed by atoms with E-state index >= 15 is 0 Å². The van der Waals surface area contributed by atoms with Gasteiger partial charge in [-0.1, -0.05) is 40.2 Å². The van der Waals surface area contributed by atoms with Gasteiger partial charge in [0.2, 0.25) is 5.91 Å². The van der Waals surface area contributed by atoms with Crippen molar-refractivity contribution in [1.29, 1.82) is 0 Å². The fraction of sp³-hybridized carbons (Fsp3) is 0.412. The van der Waals surface area contributed by atoms with E-state index in [1.54, 1.807) is 0 Å². The van der Waals surface area contributed by atoms with Crippen LogP contribution in [0.2, 0.25) is 0 Å². The molecule has 2 unspecified atom stereocenters. The summed E-state index contributed by atoms with van der Waals surface area (Å²) in [4.78, 5) is 24.0. The first-order valence-electron chi connectivity index (χ1n) is 7.38. The molecule has 2 atom stereocenters. The lowest BCUT2D eigenvalue weighted by molar-refractivity contribution is -0.141. The number of halogens is 1. The number of methoxy groups -OCH3 is 1. The molecule has 0 heterocycles. The molecule has 0 saturated carbocycles. The number of esters is 1. The summed E-state index contributed by atoms with van der Waals surface area (Å²) in [5.74, 6) is -0.349. The molecule has 0 aliphatic heterocycles. The van der Waals surface area contributed by atoms with E-state index in [0.29, 0.717) is 0 Å². The van der Waals surface area contributed by atoms with Crippen molar-refractivity contribution < 1.29 is 14.3 Å². The third kappa shape index (κ3) is 4.70. The molecule has 2 rings (SSSR count). The Labute approximate surface area is 139 Å². The van der Waals surface area contributed by atoms with Crippen molar-refractivity contribution in [2.75, 3.05) is 7.11 Å². The van der Waals surface area contributed by atoms with Crippen LogP contribution in [0.25, 0.3) is 0 Å². The Hall–Kier alpha value is -1.62. The zero-order chi connectivity index (χ0) is 15.9. The summed E-state index contributed by atoms with van der Waals surface area (Å²) < 4.78 is 5.70. The summed E-state index contributed by atoms with van der Waals surface area (Å²) in [5.41, 5.74) is 0.897. The molecule has 0 spiro atoms. The average Bonchev–Trinajstić information content (AvgIpc) is 2.55. The number of carbonyl (C=O) groups excluding carboxylic acids is 2. The van der Waals surface area contributed by atoms with Crippen molar-refractivity contribution in [1.82, 2.24) is 5.32 Å². The zero-order valence-electron chi connectivity index (χ0n) is 12.5. The van der Waals surface area contributed by atoms with E-state index in [2.05, 4.69) is 27.3 Å². The second kappa shape index (κ2) is 8.13. The van der Waals surface area contributed by atoms with E-state index in [1.165, 1.54) is 7.11 Å². The van der Waals surface area contributed by atoms with Crippen molar-refractivity contribution >= 4 is 27.8 Å². The Balaban J connectivity index is 2.09. The molecule has 118 valence electrons. The van der Waals surface area contributed by atoms with Crippen LogP contribution < -0.4 is 5.32 Å². The SMILES string of the molecule is COC(=O)CC(NC(=O)C1CC=CCC1)c1ccc(Br)cc1. The third-order valence-electron chi connectivity index (χ3n) is 3.83. The second-order valence-electron chi connectivity index (χ2n) is 5.37. The quantitative estimate of drug-likeness (QED) is 0.641. The Kier molecular flexibility index (Phi) is 6.19. The van der Waals surface area contributed by atoms with Gasteiger partial charge in [0.1, 0.15) is 0 Å². The number of hydrogen-bond donors (Lipinski definition) is 1. The number of rotatable bonds is 5. The molecule has 22 heavy (non-hydrogen) atoms. The highest BCUT2D eigenvalue weighted by Gasteiger charge is 2.24. The minimum Gasteiger partial charge on any atom is -0.469 e. The van der Waals surface area contributed by atoms with Crippen LogP contribution in [-0.4, -0.2) is 19.0 Å². The molecule has 1 amide bonds. The monoisotopic (exact) mass is 365 g/mol. The van der Waals surface area contributed by atoms with Gasteiger partial charge in [0.15, 0.2) is 0 Å². The second-order valence-corrected chi connectivity index (χ2v) is 6.29. The summed E-state index contributed by atoms with van der Waals surface area (Å²) in [6.45, 7) is 0. The minimum absolute atomic E-state index is 0.00109. The van der Waals surface area contributed by atoms with Gasteiger partial charge in [-0.15, -0.1) is 0 Å². The Morgan fingerprint density at radius 1 is 1.32 bits per heavy atom. The Morgan fingerprint density at radius 2 is 2.05 bits per heavy atom. The highest BCUT2D eigenvalue weighted by atomic mass is 79.9. The molecule has 1 aromatic carbocycles. The average molecular weight is 366 g/mol. The Bertz CT molecular complexity index is 554. The smallest absolute Gasteiger partial charge is 0.307 e. The van der Waals surface area contributed by atoms with Gasteiger partial charge in [-0.3, -0.25) is 9.59 Å². The molecule has 0 aromatic heterocycles. The molecule has 4 nitrogen and oxygen atoms in total. The predicted octanol–water partition coefficient (Wildman–Crippen LogP) is 3.53. The van der Waals surface area contributed by atoms with Crippen LogP contribution in [0.5, 0.6) is 0 Å². The summed E-state index contributed by atoms with van der Waals surface area (Å²) in [5, 5.41) is 3.00. The lowest BCUT2D eigenvalue weighted by atomic mass is 9.92. The summed E-state index contributed by atoms with van der Waals surface area (Å²) >= 11 is 3.39. The van der Waals surface area contributed by atoms with Gasteiger partial charge < -0.3 is 10.1 Å². The van der Waals surface area contributed by atoms with Gasteiger partial charge >= 0.3 is 5.97 Å². The van der Waals surface area contributed by atoms with Gasteiger partial charge in [0.25, 0.3) is 0 Å². The zero-order valence-corrected chi connectivity index (χ0v) is 14.1. The van der Waals surface area contributed by atoms with Crippen molar-refractivity contribution in [3.05, 3.63) is 46.5 Å². The van der Waals surface area contributed by atoms with Crippen LogP contribution in [0, 0.1) is 5.92 Å². The van der Waals surface area contributed by atoms with Gasteiger partial charge in [-0.25, -0.2) is 0 Å². The van der Waals surface area contributed by atoms with Crippen molar-refractivity contribution in [2.45, 2.75) is 31.7 Å². The lowest BCUT2D eigenvalue weighted by Crippen LogP contribution is -2.35. The van der Waals surface area contributed by atoms with Crippen LogP contribution in [0.1, 0.15) is 37.3 Å². The van der Waals surface area contributed by atoms with Crippen LogP contribution in [-0.2, 0) is 14.3 Å². The summed E-state index contributed by atoms with van der Waals surface area (Å²) in [6.07, 6.45) is 6.82. The number of carbonyl (C=O) groups is 2. The van der Waals surface area contributed by atoms with Crippen LogP contribution in [0.15, 0.2) is 40.9 Å². The fourth-order valence-electron chi connectivity index (χ4n) is 2.52. The van der Waals surface area contributed by atoms with Gasteiger partial charge in [-0.2, -0.15) is 0 Å². The van der Waals surface area contributed by atoms with Gasteiger partial charge in [0.05, 0.1) is 19.6 Å². The topological polar surface area (TPSA) is 55.4 Å². The van der Waals surface area contributed by atoms with E-state index in [1.807, 2.05) is 30.3 Å². The van der Waals surface area contributed by atoms with Crippen LogP contribution in [0.4, 0.5) is 0 Å². The first-order valence-corrected chi connectivity index (χ1v) is 8.17. The molecule has 1 aromatic rings. The maximum Gasteiger partial charge on any atom is 0.307 e. The van der Waals surface area contributed by atoms with E-state index in [4.69, 9.17) is 4.74 Å². The molecule has 1 aliphatic rings. The first kappa shape index (κ1) is 16.7. The Morgan fingerprint density at radius 3 is 2.64 bits per heavy atom. The third-order valence-corrected chi connectivity index (χ3v) is 4.36. The minimum atomic E-state index is -0.362. The molecule has 0 saturated heterocycles. The highest BCUT2D eigenvalue weighted by Crippen LogP contribution is 2.23. The molecule has 0 bridgehead atoms. The van der Waals surface area contributed by atoms with E-state index in [9.17, 15) is 9.59 Å². The number of allylic oxidation sites excluding steroid dienone is 2. The molecule has 1 N–H and O–H groups in total. The van der Waals surface area contributed by atoms with Gasteiger partial charge in [-0.05, 0) is 37.0 Å². The van der Waals surface area contributed by atoms with Crippen LogP contribution in [0.3, 0.4) is 0 Å². The normalized spacial score (nSPS) is 18.5. The van der Waals surface area contributed by atoms with Crippen molar-refractivity contribution in [2.24, 2.45) is 5.92 Å². The molecular formula is C17H20BrNO3. The van der Waals surface area contributed by atoms with Gasteiger partial charge in [0, 0.05) is 10.4 Å². The largest absolute Gasteiger partial charge is 0.469 e. The molecule has 1 aliphatic carbocycles. The number of hydrogen-bond acceptors (Lipinski definition) is 3. The maximum absolute atomic E-state index is 12.4. The lowest BCUT2D eigenvalue weighted by Gasteiger charge is -2.23. The number of amides is 1.